The Morgan fingerprint density at radius 2 is 2.23 bits per heavy atom. The SMILES string of the molecule is Cc1cccc(OCC(O)Cn2ccnc2-c2cccs2)c1. The van der Waals surface area contributed by atoms with Crippen LogP contribution in [0.3, 0.4) is 0 Å². The van der Waals surface area contributed by atoms with Gasteiger partial charge in [0, 0.05) is 12.4 Å². The highest BCUT2D eigenvalue weighted by Crippen LogP contribution is 2.23. The highest BCUT2D eigenvalue weighted by atomic mass is 32.1. The van der Waals surface area contributed by atoms with E-state index in [4.69, 9.17) is 4.74 Å². The minimum Gasteiger partial charge on any atom is -0.491 e. The fourth-order valence-electron chi connectivity index (χ4n) is 2.26. The fourth-order valence-corrected chi connectivity index (χ4v) is 3.00. The Labute approximate surface area is 133 Å². The van der Waals surface area contributed by atoms with Crippen LogP contribution >= 0.6 is 11.3 Å². The summed E-state index contributed by atoms with van der Waals surface area (Å²) in [6, 6.07) is 11.8. The molecule has 3 aromatic rings. The van der Waals surface area contributed by atoms with Gasteiger partial charge in [0.1, 0.15) is 24.3 Å². The molecule has 0 aliphatic carbocycles. The Balaban J connectivity index is 1.61. The number of aliphatic hydroxyl groups excluding tert-OH is 1. The van der Waals surface area contributed by atoms with Crippen LogP contribution in [0.5, 0.6) is 5.75 Å². The first-order chi connectivity index (χ1) is 10.7. The van der Waals surface area contributed by atoms with E-state index in [9.17, 15) is 5.11 Å². The van der Waals surface area contributed by atoms with Crippen LogP contribution in [0.2, 0.25) is 0 Å². The van der Waals surface area contributed by atoms with E-state index in [-0.39, 0.29) is 6.61 Å². The Morgan fingerprint density at radius 3 is 3.00 bits per heavy atom. The largest absolute Gasteiger partial charge is 0.491 e. The smallest absolute Gasteiger partial charge is 0.150 e. The summed E-state index contributed by atoms with van der Waals surface area (Å²) in [4.78, 5) is 5.46. The van der Waals surface area contributed by atoms with E-state index in [2.05, 4.69) is 4.98 Å². The second kappa shape index (κ2) is 6.77. The molecule has 4 nitrogen and oxygen atoms in total. The normalized spacial score (nSPS) is 12.3. The molecule has 0 saturated heterocycles. The summed E-state index contributed by atoms with van der Waals surface area (Å²) in [5.41, 5.74) is 1.14. The van der Waals surface area contributed by atoms with Crippen molar-refractivity contribution in [2.75, 3.05) is 6.61 Å². The van der Waals surface area contributed by atoms with Crippen LogP contribution in [0.4, 0.5) is 0 Å². The molecule has 1 atom stereocenters. The summed E-state index contributed by atoms with van der Waals surface area (Å²) in [6.45, 7) is 2.73. The molecule has 22 heavy (non-hydrogen) atoms. The third kappa shape index (κ3) is 3.55. The van der Waals surface area contributed by atoms with Gasteiger partial charge in [-0.1, -0.05) is 18.2 Å². The number of rotatable bonds is 6. The summed E-state index contributed by atoms with van der Waals surface area (Å²) in [6.07, 6.45) is 3.04. The van der Waals surface area contributed by atoms with Crippen molar-refractivity contribution >= 4 is 11.3 Å². The van der Waals surface area contributed by atoms with Crippen LogP contribution in [-0.2, 0) is 6.54 Å². The molecular formula is C17H18N2O2S. The van der Waals surface area contributed by atoms with Crippen molar-refractivity contribution in [3.63, 3.8) is 0 Å². The predicted molar refractivity (Wildman–Crippen MR) is 88.2 cm³/mol. The van der Waals surface area contributed by atoms with E-state index in [1.54, 1.807) is 17.5 Å². The van der Waals surface area contributed by atoms with E-state index < -0.39 is 6.10 Å². The maximum Gasteiger partial charge on any atom is 0.150 e. The number of nitrogens with zero attached hydrogens (tertiary/aromatic N) is 2. The van der Waals surface area contributed by atoms with Gasteiger partial charge < -0.3 is 14.4 Å². The fraction of sp³-hybridized carbons (Fsp3) is 0.235. The second-order valence-corrected chi connectivity index (χ2v) is 6.11. The van der Waals surface area contributed by atoms with E-state index in [1.165, 1.54) is 0 Å². The number of thiophene rings is 1. The van der Waals surface area contributed by atoms with Gasteiger partial charge in [0.25, 0.3) is 0 Å². The average molecular weight is 314 g/mol. The summed E-state index contributed by atoms with van der Waals surface area (Å²) in [5, 5.41) is 12.2. The van der Waals surface area contributed by atoms with Crippen molar-refractivity contribution in [2.45, 2.75) is 19.6 Å². The van der Waals surface area contributed by atoms with Gasteiger partial charge in [-0.25, -0.2) is 4.98 Å². The topological polar surface area (TPSA) is 47.3 Å². The minimum atomic E-state index is -0.589. The van der Waals surface area contributed by atoms with Crippen molar-refractivity contribution in [3.8, 4) is 16.5 Å². The number of ether oxygens (including phenoxy) is 1. The number of aryl methyl sites for hydroxylation is 1. The van der Waals surface area contributed by atoms with Gasteiger partial charge >= 0.3 is 0 Å². The lowest BCUT2D eigenvalue weighted by Gasteiger charge is -2.14. The first-order valence-corrected chi connectivity index (χ1v) is 8.03. The van der Waals surface area contributed by atoms with Crippen molar-refractivity contribution in [3.05, 3.63) is 59.7 Å². The van der Waals surface area contributed by atoms with Gasteiger partial charge in [-0.2, -0.15) is 0 Å². The van der Waals surface area contributed by atoms with Crippen LogP contribution in [0.1, 0.15) is 5.56 Å². The molecule has 114 valence electrons. The molecule has 0 radical (unpaired) electrons. The quantitative estimate of drug-likeness (QED) is 0.759. The van der Waals surface area contributed by atoms with E-state index in [1.807, 2.05) is 59.5 Å². The standard InChI is InChI=1S/C17H18N2O2S/c1-13-4-2-5-15(10-13)21-12-14(20)11-19-8-7-18-17(19)16-6-3-9-22-16/h2-10,14,20H,11-12H2,1H3. The lowest BCUT2D eigenvalue weighted by Crippen LogP contribution is -2.23. The molecule has 0 spiro atoms. The molecular weight excluding hydrogens is 296 g/mol. The number of aromatic nitrogens is 2. The highest BCUT2D eigenvalue weighted by molar-refractivity contribution is 7.13. The van der Waals surface area contributed by atoms with E-state index in [0.29, 0.717) is 6.54 Å². The summed E-state index contributed by atoms with van der Waals surface area (Å²) >= 11 is 1.64. The molecule has 2 aromatic heterocycles. The predicted octanol–water partition coefficient (Wildman–Crippen LogP) is 3.36. The lowest BCUT2D eigenvalue weighted by atomic mass is 10.2. The molecule has 0 saturated carbocycles. The number of imidazole rings is 1. The van der Waals surface area contributed by atoms with Gasteiger partial charge in [-0.05, 0) is 36.1 Å². The van der Waals surface area contributed by atoms with Crippen LogP contribution in [0.15, 0.2) is 54.2 Å². The molecule has 0 fully saturated rings. The molecule has 3 rings (SSSR count). The monoisotopic (exact) mass is 314 g/mol. The Kier molecular flexibility index (Phi) is 4.56. The lowest BCUT2D eigenvalue weighted by molar-refractivity contribution is 0.0928. The molecule has 1 unspecified atom stereocenters. The molecule has 1 N–H and O–H groups in total. The minimum absolute atomic E-state index is 0.255. The summed E-state index contributed by atoms with van der Waals surface area (Å²) < 4.78 is 7.60. The molecule has 0 bridgehead atoms. The van der Waals surface area contributed by atoms with Crippen molar-refractivity contribution in [2.24, 2.45) is 0 Å². The number of aliphatic hydroxyl groups is 1. The maximum atomic E-state index is 10.2. The van der Waals surface area contributed by atoms with Crippen LogP contribution < -0.4 is 4.74 Å². The van der Waals surface area contributed by atoms with Crippen molar-refractivity contribution < 1.29 is 9.84 Å². The Bertz CT molecular complexity index is 722. The number of hydrogen-bond acceptors (Lipinski definition) is 4. The Morgan fingerprint density at radius 1 is 1.32 bits per heavy atom. The molecule has 1 aromatic carbocycles. The molecule has 0 aliphatic heterocycles. The van der Waals surface area contributed by atoms with Gasteiger partial charge in [-0.15, -0.1) is 11.3 Å². The zero-order chi connectivity index (χ0) is 15.4. The maximum absolute atomic E-state index is 10.2. The molecule has 0 aliphatic rings. The zero-order valence-corrected chi connectivity index (χ0v) is 13.2. The van der Waals surface area contributed by atoms with E-state index >= 15 is 0 Å². The van der Waals surface area contributed by atoms with Crippen molar-refractivity contribution in [1.29, 1.82) is 0 Å². The third-order valence-corrected chi connectivity index (χ3v) is 4.16. The summed E-state index contributed by atoms with van der Waals surface area (Å²) in [5.74, 6) is 1.66. The number of benzene rings is 1. The zero-order valence-electron chi connectivity index (χ0n) is 12.3. The molecule has 0 amide bonds. The third-order valence-electron chi connectivity index (χ3n) is 3.30. The van der Waals surface area contributed by atoms with Gasteiger partial charge in [0.05, 0.1) is 11.4 Å². The first-order valence-electron chi connectivity index (χ1n) is 7.15. The van der Waals surface area contributed by atoms with Crippen molar-refractivity contribution in [1.82, 2.24) is 9.55 Å². The highest BCUT2D eigenvalue weighted by Gasteiger charge is 2.12. The molecule has 5 heteroatoms. The van der Waals surface area contributed by atoms with Gasteiger partial charge in [0.2, 0.25) is 0 Å². The van der Waals surface area contributed by atoms with Crippen LogP contribution in [0, 0.1) is 6.92 Å². The van der Waals surface area contributed by atoms with Crippen LogP contribution in [-0.4, -0.2) is 27.4 Å². The first kappa shape index (κ1) is 14.8. The van der Waals surface area contributed by atoms with Gasteiger partial charge in [0.15, 0.2) is 0 Å². The van der Waals surface area contributed by atoms with Crippen LogP contribution in [0.25, 0.3) is 10.7 Å². The second-order valence-electron chi connectivity index (χ2n) is 5.16. The average Bonchev–Trinajstić information content (AvgIpc) is 3.16. The Hall–Kier alpha value is -2.11. The van der Waals surface area contributed by atoms with E-state index in [0.717, 1.165) is 22.0 Å². The number of hydrogen-bond donors (Lipinski definition) is 1. The summed E-state index contributed by atoms with van der Waals surface area (Å²) in [7, 11) is 0. The molecule has 2 heterocycles. The van der Waals surface area contributed by atoms with Gasteiger partial charge in [-0.3, -0.25) is 0 Å².